The molecule has 0 fully saturated rings. The van der Waals surface area contributed by atoms with Gasteiger partial charge in [0.1, 0.15) is 6.54 Å². The second-order valence-corrected chi connectivity index (χ2v) is 4.77. The summed E-state index contributed by atoms with van der Waals surface area (Å²) in [6, 6.07) is 0. The number of aliphatic carboxylic acids is 1. The third-order valence-corrected chi connectivity index (χ3v) is 2.27. The van der Waals surface area contributed by atoms with Crippen LogP contribution >= 0.6 is 0 Å². The zero-order valence-electron chi connectivity index (χ0n) is 11.7. The molecule has 20 heavy (non-hydrogen) atoms. The average Bonchev–Trinajstić information content (AvgIpc) is 2.80. The van der Waals surface area contributed by atoms with Crippen LogP contribution in [0.25, 0.3) is 0 Å². The van der Waals surface area contributed by atoms with E-state index in [4.69, 9.17) is 9.84 Å². The van der Waals surface area contributed by atoms with Gasteiger partial charge >= 0.3 is 5.97 Å². The Hall–Kier alpha value is -1.96. The molecule has 1 aromatic heterocycles. The van der Waals surface area contributed by atoms with Crippen molar-refractivity contribution in [2.45, 2.75) is 26.8 Å². The number of aromatic nitrogens is 3. The lowest BCUT2D eigenvalue weighted by atomic mass is 10.2. The third kappa shape index (κ3) is 6.28. The van der Waals surface area contributed by atoms with Crippen molar-refractivity contribution in [3.63, 3.8) is 0 Å². The van der Waals surface area contributed by atoms with Gasteiger partial charge in [0, 0.05) is 19.8 Å². The van der Waals surface area contributed by atoms with E-state index in [0.717, 1.165) is 4.68 Å². The Kier molecular flexibility index (Phi) is 6.65. The Balaban J connectivity index is 2.22. The van der Waals surface area contributed by atoms with Gasteiger partial charge in [0.15, 0.2) is 5.69 Å². The van der Waals surface area contributed by atoms with Crippen LogP contribution in [-0.2, 0) is 16.1 Å². The van der Waals surface area contributed by atoms with Crippen molar-refractivity contribution in [2.75, 3.05) is 19.8 Å². The zero-order valence-corrected chi connectivity index (χ0v) is 11.7. The number of rotatable bonds is 9. The fourth-order valence-electron chi connectivity index (χ4n) is 1.40. The summed E-state index contributed by atoms with van der Waals surface area (Å²) < 4.78 is 6.48. The Bertz CT molecular complexity index is 444. The molecule has 0 bridgehead atoms. The van der Waals surface area contributed by atoms with Crippen molar-refractivity contribution in [2.24, 2.45) is 5.92 Å². The number of carboxylic acids is 1. The summed E-state index contributed by atoms with van der Waals surface area (Å²) >= 11 is 0. The second kappa shape index (κ2) is 8.26. The molecule has 0 unspecified atom stereocenters. The van der Waals surface area contributed by atoms with Gasteiger partial charge in [0.2, 0.25) is 0 Å². The number of nitrogens with zero attached hydrogens (tertiary/aromatic N) is 3. The van der Waals surface area contributed by atoms with Crippen LogP contribution in [0.5, 0.6) is 0 Å². The summed E-state index contributed by atoms with van der Waals surface area (Å²) in [5, 5.41) is 18.4. The van der Waals surface area contributed by atoms with Gasteiger partial charge in [-0.3, -0.25) is 9.59 Å². The Morgan fingerprint density at radius 2 is 2.25 bits per heavy atom. The van der Waals surface area contributed by atoms with E-state index in [1.807, 2.05) is 0 Å². The van der Waals surface area contributed by atoms with Gasteiger partial charge in [0.05, 0.1) is 6.20 Å². The molecule has 0 radical (unpaired) electrons. The molecule has 1 aromatic rings. The van der Waals surface area contributed by atoms with Crippen molar-refractivity contribution in [1.82, 2.24) is 20.3 Å². The predicted octanol–water partition coefficient (Wildman–Crippen LogP) is 0.155. The highest BCUT2D eigenvalue weighted by molar-refractivity contribution is 5.91. The predicted molar refractivity (Wildman–Crippen MR) is 70.3 cm³/mol. The summed E-state index contributed by atoms with van der Waals surface area (Å²) in [6.45, 7) is 5.60. The number of carbonyl (C=O) groups is 2. The number of ether oxygens (including phenoxy) is 1. The smallest absolute Gasteiger partial charge is 0.325 e. The first-order valence-corrected chi connectivity index (χ1v) is 6.47. The van der Waals surface area contributed by atoms with Gasteiger partial charge in [-0.05, 0) is 12.3 Å². The van der Waals surface area contributed by atoms with Crippen LogP contribution in [0.15, 0.2) is 6.20 Å². The maximum Gasteiger partial charge on any atom is 0.325 e. The van der Waals surface area contributed by atoms with Crippen LogP contribution in [0.2, 0.25) is 0 Å². The molecule has 0 spiro atoms. The Labute approximate surface area is 117 Å². The van der Waals surface area contributed by atoms with Crippen molar-refractivity contribution in [3.8, 4) is 0 Å². The molecule has 0 aliphatic rings. The third-order valence-electron chi connectivity index (χ3n) is 2.27. The van der Waals surface area contributed by atoms with Crippen LogP contribution in [-0.4, -0.2) is 51.7 Å². The van der Waals surface area contributed by atoms with Crippen LogP contribution in [0, 0.1) is 5.92 Å². The molecular formula is C12H20N4O4. The van der Waals surface area contributed by atoms with Crippen LogP contribution < -0.4 is 5.32 Å². The molecule has 0 aliphatic carbocycles. The molecule has 1 heterocycles. The Morgan fingerprint density at radius 3 is 2.90 bits per heavy atom. The van der Waals surface area contributed by atoms with E-state index in [1.54, 1.807) is 0 Å². The molecule has 2 N–H and O–H groups in total. The van der Waals surface area contributed by atoms with Gasteiger partial charge in [0.25, 0.3) is 5.91 Å². The monoisotopic (exact) mass is 284 g/mol. The van der Waals surface area contributed by atoms with Crippen LogP contribution in [0.1, 0.15) is 30.8 Å². The molecule has 8 heteroatoms. The number of nitrogens with one attached hydrogen (secondary N) is 1. The summed E-state index contributed by atoms with van der Waals surface area (Å²) in [5.74, 6) is -0.913. The lowest BCUT2D eigenvalue weighted by molar-refractivity contribution is -0.137. The molecular weight excluding hydrogens is 264 g/mol. The fraction of sp³-hybridized carbons (Fsp3) is 0.667. The molecule has 112 valence electrons. The number of carboxylic acid groups (broad SMARTS) is 1. The lowest BCUT2D eigenvalue weighted by Gasteiger charge is -2.06. The van der Waals surface area contributed by atoms with Crippen molar-refractivity contribution in [1.29, 1.82) is 0 Å². The maximum absolute atomic E-state index is 11.7. The van der Waals surface area contributed by atoms with E-state index in [-0.39, 0.29) is 18.1 Å². The normalized spacial score (nSPS) is 10.8. The molecule has 0 aromatic carbocycles. The molecule has 0 saturated heterocycles. The zero-order chi connectivity index (χ0) is 15.0. The van der Waals surface area contributed by atoms with E-state index in [2.05, 4.69) is 29.5 Å². The summed E-state index contributed by atoms with van der Waals surface area (Å²) in [4.78, 5) is 22.1. The molecule has 0 saturated carbocycles. The largest absolute Gasteiger partial charge is 0.480 e. The van der Waals surface area contributed by atoms with Gasteiger partial charge in [-0.1, -0.05) is 19.1 Å². The minimum Gasteiger partial charge on any atom is -0.480 e. The summed E-state index contributed by atoms with van der Waals surface area (Å²) in [7, 11) is 0. The maximum atomic E-state index is 11.7. The quantitative estimate of drug-likeness (QED) is 0.625. The first-order chi connectivity index (χ1) is 9.49. The number of carbonyl (C=O) groups excluding carboxylic acids is 1. The average molecular weight is 284 g/mol. The van der Waals surface area contributed by atoms with E-state index >= 15 is 0 Å². The number of amides is 1. The van der Waals surface area contributed by atoms with Crippen LogP contribution in [0.4, 0.5) is 0 Å². The summed E-state index contributed by atoms with van der Waals surface area (Å²) in [6.07, 6.45) is 2.01. The minimum absolute atomic E-state index is 0.106. The van der Waals surface area contributed by atoms with Crippen molar-refractivity contribution >= 4 is 11.9 Å². The molecule has 1 amide bonds. The van der Waals surface area contributed by atoms with Crippen molar-refractivity contribution in [3.05, 3.63) is 11.9 Å². The Morgan fingerprint density at radius 1 is 1.50 bits per heavy atom. The highest BCUT2D eigenvalue weighted by Crippen LogP contribution is 1.95. The van der Waals surface area contributed by atoms with Gasteiger partial charge < -0.3 is 15.2 Å². The van der Waals surface area contributed by atoms with Crippen molar-refractivity contribution < 1.29 is 19.4 Å². The number of hydrogen-bond donors (Lipinski definition) is 2. The molecule has 1 rings (SSSR count). The van der Waals surface area contributed by atoms with E-state index in [0.29, 0.717) is 32.1 Å². The highest BCUT2D eigenvalue weighted by Gasteiger charge is 2.11. The molecule has 8 nitrogen and oxygen atoms in total. The molecule has 0 aliphatic heterocycles. The standard InChI is InChI=1S/C12H20N4O4/c1-9(2)8-20-5-3-4-13-12(19)10-6-16(15-14-10)7-11(17)18/h6,9H,3-5,7-8H2,1-2H3,(H,13,19)(H,17,18). The minimum atomic E-state index is -1.04. The molecule has 0 atom stereocenters. The number of hydrogen-bond acceptors (Lipinski definition) is 5. The SMILES string of the molecule is CC(C)COCCCNC(=O)c1cn(CC(=O)O)nn1. The van der Waals surface area contributed by atoms with Gasteiger partial charge in [-0.25, -0.2) is 4.68 Å². The second-order valence-electron chi connectivity index (χ2n) is 4.77. The van der Waals surface area contributed by atoms with E-state index in [1.165, 1.54) is 6.20 Å². The summed E-state index contributed by atoms with van der Waals surface area (Å²) in [5.41, 5.74) is 0.106. The van der Waals surface area contributed by atoms with Crippen LogP contribution in [0.3, 0.4) is 0 Å². The highest BCUT2D eigenvalue weighted by atomic mass is 16.5. The van der Waals surface area contributed by atoms with E-state index in [9.17, 15) is 9.59 Å². The van der Waals surface area contributed by atoms with E-state index < -0.39 is 5.97 Å². The topological polar surface area (TPSA) is 106 Å². The lowest BCUT2D eigenvalue weighted by Crippen LogP contribution is -2.25. The van der Waals surface area contributed by atoms with Gasteiger partial charge in [-0.2, -0.15) is 0 Å². The first kappa shape index (κ1) is 16.1. The fourth-order valence-corrected chi connectivity index (χ4v) is 1.40. The first-order valence-electron chi connectivity index (χ1n) is 6.47. The van der Waals surface area contributed by atoms with Gasteiger partial charge in [-0.15, -0.1) is 5.10 Å².